The molecule has 2 N–H and O–H groups in total. The molecule has 0 radical (unpaired) electrons. The first-order chi connectivity index (χ1) is 16.9. The van der Waals surface area contributed by atoms with Crippen LogP contribution in [0.15, 0.2) is 66.7 Å². The fourth-order valence-electron chi connectivity index (χ4n) is 4.39. The summed E-state index contributed by atoms with van der Waals surface area (Å²) < 4.78 is 27.1. The number of aromatic nitrogens is 2. The second kappa shape index (κ2) is 9.76. The number of benzene rings is 3. The van der Waals surface area contributed by atoms with Gasteiger partial charge >= 0.3 is 6.03 Å². The van der Waals surface area contributed by atoms with Crippen LogP contribution in [0.25, 0.3) is 33.5 Å². The number of likely N-dealkylation sites (N-methyl/N-ethyl adjacent to an activating group) is 1. The fraction of sp³-hybridized carbons (Fsp3) is 0.222. The minimum Gasteiger partial charge on any atom is -0.334 e. The van der Waals surface area contributed by atoms with Crippen molar-refractivity contribution in [1.82, 2.24) is 20.2 Å². The SMILES string of the molecule is CN1CCCC(NC(=O)Nc2ccc3nc(-c4ccc(F)cc4)c(-c4ccc(F)cc4)nc3c2)C1. The molecule has 2 amide bonds. The Balaban J connectivity index is 1.48. The van der Waals surface area contributed by atoms with Crippen LogP contribution in [0.5, 0.6) is 0 Å². The molecule has 0 spiro atoms. The second-order valence-corrected chi connectivity index (χ2v) is 8.84. The summed E-state index contributed by atoms with van der Waals surface area (Å²) in [4.78, 5) is 24.4. The van der Waals surface area contributed by atoms with Crippen LogP contribution < -0.4 is 10.6 Å². The first-order valence-corrected chi connectivity index (χ1v) is 11.5. The van der Waals surface area contributed by atoms with Crippen molar-refractivity contribution in [3.8, 4) is 22.5 Å². The van der Waals surface area contributed by atoms with Gasteiger partial charge in [0.15, 0.2) is 0 Å². The summed E-state index contributed by atoms with van der Waals surface area (Å²) in [7, 11) is 2.05. The third-order valence-electron chi connectivity index (χ3n) is 6.12. The van der Waals surface area contributed by atoms with E-state index in [9.17, 15) is 13.6 Å². The number of piperidine rings is 1. The van der Waals surface area contributed by atoms with Crippen molar-refractivity contribution in [3.05, 3.63) is 78.4 Å². The number of nitrogens with zero attached hydrogens (tertiary/aromatic N) is 3. The van der Waals surface area contributed by atoms with E-state index in [2.05, 4.69) is 15.5 Å². The summed E-state index contributed by atoms with van der Waals surface area (Å²) in [6.45, 7) is 1.86. The van der Waals surface area contributed by atoms with E-state index in [1.165, 1.54) is 24.3 Å². The number of urea groups is 1. The number of nitrogens with one attached hydrogen (secondary N) is 2. The Morgan fingerprint density at radius 3 is 2.09 bits per heavy atom. The van der Waals surface area contributed by atoms with Gasteiger partial charge in [0.25, 0.3) is 0 Å². The van der Waals surface area contributed by atoms with E-state index in [-0.39, 0.29) is 23.7 Å². The molecule has 1 aromatic heterocycles. The Morgan fingerprint density at radius 1 is 0.886 bits per heavy atom. The molecule has 178 valence electrons. The van der Waals surface area contributed by atoms with Gasteiger partial charge in [-0.05, 0) is 93.2 Å². The highest BCUT2D eigenvalue weighted by Crippen LogP contribution is 2.32. The molecule has 3 aromatic carbocycles. The van der Waals surface area contributed by atoms with Crippen LogP contribution in [-0.2, 0) is 0 Å². The maximum absolute atomic E-state index is 13.6. The minimum absolute atomic E-state index is 0.109. The average Bonchev–Trinajstić information content (AvgIpc) is 2.84. The Bertz CT molecular complexity index is 1360. The summed E-state index contributed by atoms with van der Waals surface area (Å²) >= 11 is 0. The van der Waals surface area contributed by atoms with Crippen molar-refractivity contribution in [2.75, 3.05) is 25.5 Å². The number of carbonyl (C=O) groups is 1. The Morgan fingerprint density at radius 2 is 1.49 bits per heavy atom. The molecule has 1 unspecified atom stereocenters. The van der Waals surface area contributed by atoms with Crippen LogP contribution in [0.2, 0.25) is 0 Å². The van der Waals surface area contributed by atoms with Gasteiger partial charge in [-0.15, -0.1) is 0 Å². The highest BCUT2D eigenvalue weighted by atomic mass is 19.1. The van der Waals surface area contributed by atoms with Gasteiger partial charge in [0.1, 0.15) is 11.6 Å². The lowest BCUT2D eigenvalue weighted by Crippen LogP contribution is -2.47. The molecule has 1 aliphatic heterocycles. The number of hydrogen-bond acceptors (Lipinski definition) is 4. The zero-order valence-corrected chi connectivity index (χ0v) is 19.3. The first-order valence-electron chi connectivity index (χ1n) is 11.5. The number of hydrogen-bond donors (Lipinski definition) is 2. The molecule has 1 aliphatic rings. The monoisotopic (exact) mass is 473 g/mol. The molecule has 8 heteroatoms. The smallest absolute Gasteiger partial charge is 0.319 e. The van der Waals surface area contributed by atoms with E-state index >= 15 is 0 Å². The van der Waals surface area contributed by atoms with Crippen LogP contribution >= 0.6 is 0 Å². The van der Waals surface area contributed by atoms with E-state index in [1.54, 1.807) is 42.5 Å². The number of rotatable bonds is 4. The third-order valence-corrected chi connectivity index (χ3v) is 6.12. The summed E-state index contributed by atoms with van der Waals surface area (Å²) in [5, 5.41) is 5.92. The zero-order valence-electron chi connectivity index (χ0n) is 19.3. The molecule has 1 atom stereocenters. The van der Waals surface area contributed by atoms with Crippen molar-refractivity contribution in [1.29, 1.82) is 0 Å². The van der Waals surface area contributed by atoms with Crippen LogP contribution in [0.1, 0.15) is 12.8 Å². The van der Waals surface area contributed by atoms with Crippen LogP contribution in [0.3, 0.4) is 0 Å². The average molecular weight is 474 g/mol. The normalized spacial score (nSPS) is 16.3. The number of carbonyl (C=O) groups excluding carboxylic acids is 1. The van der Waals surface area contributed by atoms with Gasteiger partial charge in [0.05, 0.1) is 22.4 Å². The molecule has 0 aliphatic carbocycles. The molecule has 6 nitrogen and oxygen atoms in total. The lowest BCUT2D eigenvalue weighted by Gasteiger charge is -2.30. The number of halogens is 2. The molecule has 5 rings (SSSR count). The molecule has 4 aromatic rings. The molecule has 35 heavy (non-hydrogen) atoms. The molecular weight excluding hydrogens is 448 g/mol. The van der Waals surface area contributed by atoms with Crippen molar-refractivity contribution in [3.63, 3.8) is 0 Å². The Kier molecular flexibility index (Phi) is 6.37. The summed E-state index contributed by atoms with van der Waals surface area (Å²) in [5.74, 6) is -0.702. The standard InChI is InChI=1S/C27H25F2N5O/c1-34-14-2-3-22(16-34)31-27(35)30-21-12-13-23-24(15-21)33-26(18-6-10-20(29)11-7-18)25(32-23)17-4-8-19(28)9-5-17/h4-13,15,22H,2-3,14,16H2,1H3,(H2,30,31,35). The van der Waals surface area contributed by atoms with Crippen LogP contribution in [0.4, 0.5) is 19.3 Å². The second-order valence-electron chi connectivity index (χ2n) is 8.84. The van der Waals surface area contributed by atoms with Gasteiger partial charge in [-0.2, -0.15) is 0 Å². The van der Waals surface area contributed by atoms with E-state index < -0.39 is 0 Å². The van der Waals surface area contributed by atoms with Gasteiger partial charge in [0, 0.05) is 29.4 Å². The summed E-state index contributed by atoms with van der Waals surface area (Å²) in [6.07, 6.45) is 2.00. The predicted octanol–water partition coefficient (Wildman–Crippen LogP) is 5.46. The fourth-order valence-corrected chi connectivity index (χ4v) is 4.39. The van der Waals surface area contributed by atoms with Crippen molar-refractivity contribution in [2.24, 2.45) is 0 Å². The maximum atomic E-state index is 13.6. The van der Waals surface area contributed by atoms with Crippen molar-refractivity contribution in [2.45, 2.75) is 18.9 Å². The topological polar surface area (TPSA) is 70.2 Å². The van der Waals surface area contributed by atoms with Crippen LogP contribution in [0, 0.1) is 11.6 Å². The van der Waals surface area contributed by atoms with E-state index in [4.69, 9.17) is 9.97 Å². The number of anilines is 1. The maximum Gasteiger partial charge on any atom is 0.319 e. The van der Waals surface area contributed by atoms with Gasteiger partial charge in [-0.1, -0.05) is 0 Å². The third kappa shape index (κ3) is 5.27. The van der Waals surface area contributed by atoms with Crippen molar-refractivity contribution < 1.29 is 13.6 Å². The molecule has 0 bridgehead atoms. The molecular formula is C27H25F2N5O. The van der Waals surface area contributed by atoms with Gasteiger partial charge in [0.2, 0.25) is 0 Å². The predicted molar refractivity (Wildman–Crippen MR) is 133 cm³/mol. The lowest BCUT2D eigenvalue weighted by molar-refractivity contribution is 0.216. The minimum atomic E-state index is -0.354. The molecule has 2 heterocycles. The Labute approximate surface area is 202 Å². The van der Waals surface area contributed by atoms with Crippen molar-refractivity contribution >= 4 is 22.8 Å². The quantitative estimate of drug-likeness (QED) is 0.413. The largest absolute Gasteiger partial charge is 0.334 e. The highest BCUT2D eigenvalue weighted by Gasteiger charge is 2.19. The summed E-state index contributed by atoms with van der Waals surface area (Å²) in [5.41, 5.74) is 4.25. The molecule has 1 fully saturated rings. The molecule has 1 saturated heterocycles. The lowest BCUT2D eigenvalue weighted by atomic mass is 10.0. The number of fused-ring (bicyclic) bond motifs is 1. The van der Waals surface area contributed by atoms with E-state index in [0.29, 0.717) is 39.2 Å². The van der Waals surface area contributed by atoms with Gasteiger partial charge in [-0.3, -0.25) is 0 Å². The Hall–Kier alpha value is -3.91. The molecule has 0 saturated carbocycles. The summed E-state index contributed by atoms with van der Waals surface area (Å²) in [6, 6.07) is 17.2. The number of amides is 2. The van der Waals surface area contributed by atoms with Gasteiger partial charge < -0.3 is 15.5 Å². The van der Waals surface area contributed by atoms with Crippen LogP contribution in [-0.4, -0.2) is 47.1 Å². The van der Waals surface area contributed by atoms with Gasteiger partial charge in [-0.25, -0.2) is 23.5 Å². The highest BCUT2D eigenvalue weighted by molar-refractivity contribution is 5.93. The number of likely N-dealkylation sites (tertiary alicyclic amines) is 1. The first kappa shape index (κ1) is 22.9. The van der Waals surface area contributed by atoms with E-state index in [1.807, 2.05) is 7.05 Å². The zero-order chi connectivity index (χ0) is 24.4. The van der Waals surface area contributed by atoms with E-state index in [0.717, 1.165) is 25.9 Å².